The van der Waals surface area contributed by atoms with Crippen LogP contribution >= 0.6 is 0 Å². The Bertz CT molecular complexity index is 42.3. The van der Waals surface area contributed by atoms with Crippen molar-refractivity contribution in [1.82, 2.24) is 0 Å². The third-order valence-electron chi connectivity index (χ3n) is 0.814. The Kier molecular flexibility index (Phi) is 20.9. The van der Waals surface area contributed by atoms with E-state index >= 15 is 0 Å². The zero-order valence-electron chi connectivity index (χ0n) is 5.70. The molecule has 0 aromatic carbocycles. The van der Waals surface area contributed by atoms with Crippen LogP contribution in [0.4, 0.5) is 0 Å². The number of rotatable bonds is 0. The fourth-order valence-electron chi connectivity index (χ4n) is 0.510. The van der Waals surface area contributed by atoms with Gasteiger partial charge in [0.1, 0.15) is 0 Å². The first-order chi connectivity index (χ1) is 2.50. The van der Waals surface area contributed by atoms with Gasteiger partial charge in [-0.15, -0.1) is 0 Å². The summed E-state index contributed by atoms with van der Waals surface area (Å²) in [5.41, 5.74) is 0. The van der Waals surface area contributed by atoms with E-state index in [4.69, 9.17) is 0 Å². The van der Waals surface area contributed by atoms with E-state index in [1.165, 1.54) is 19.3 Å². The third kappa shape index (κ3) is 6.61. The Morgan fingerprint density at radius 2 is 1.88 bits per heavy atom. The van der Waals surface area contributed by atoms with Crippen molar-refractivity contribution >= 4 is 0 Å². The van der Waals surface area contributed by atoms with Gasteiger partial charge in [-0.05, 0) is 0 Å². The third-order valence-corrected chi connectivity index (χ3v) is 0.814. The Hall–Kier alpha value is 0.610. The molecule has 0 amide bonds. The van der Waals surface area contributed by atoms with Crippen LogP contribution in [-0.4, -0.2) is 0 Å². The van der Waals surface area contributed by atoms with Crippen LogP contribution in [0.2, 0.25) is 0 Å². The van der Waals surface area contributed by atoms with Crippen molar-refractivity contribution < 1.29 is 25.8 Å². The summed E-state index contributed by atoms with van der Waals surface area (Å²) in [6, 6.07) is 0. The van der Waals surface area contributed by atoms with Gasteiger partial charge in [-0.1, -0.05) is 12.8 Å². The second-order valence-corrected chi connectivity index (χ2v) is 1.30. The van der Waals surface area contributed by atoms with Crippen molar-refractivity contribution in [2.75, 3.05) is 0 Å². The predicted molar refractivity (Wildman–Crippen MR) is 34.5 cm³/mol. The SMILES string of the molecule is [C-]1=CCCC1.[CH3-].[CH3-].[Hf]. The van der Waals surface area contributed by atoms with Gasteiger partial charge in [0.15, 0.2) is 0 Å². The molecule has 0 bridgehead atoms. The maximum absolute atomic E-state index is 3.10. The molecule has 0 atom stereocenters. The molecule has 0 saturated carbocycles. The van der Waals surface area contributed by atoms with Crippen LogP contribution in [0.15, 0.2) is 6.08 Å². The van der Waals surface area contributed by atoms with Crippen LogP contribution in [0.25, 0.3) is 0 Å². The van der Waals surface area contributed by atoms with Gasteiger partial charge in [0, 0.05) is 25.8 Å². The van der Waals surface area contributed by atoms with Crippen molar-refractivity contribution in [3.05, 3.63) is 27.0 Å². The van der Waals surface area contributed by atoms with E-state index < -0.39 is 0 Å². The van der Waals surface area contributed by atoms with Crippen molar-refractivity contribution in [1.29, 1.82) is 0 Å². The van der Waals surface area contributed by atoms with Gasteiger partial charge in [0.2, 0.25) is 0 Å². The number of hydrogen-bond acceptors (Lipinski definition) is 0. The van der Waals surface area contributed by atoms with Gasteiger partial charge in [0.25, 0.3) is 0 Å². The summed E-state index contributed by atoms with van der Waals surface area (Å²) < 4.78 is 0. The standard InChI is InChI=1S/C5H7.2CH3.Hf/c1-2-4-5-3-1;;;/h1H,2,4-5H2;2*1H3;/q3*-1;. The van der Waals surface area contributed by atoms with E-state index in [0.29, 0.717) is 0 Å². The van der Waals surface area contributed by atoms with Crippen LogP contribution in [0, 0.1) is 20.9 Å². The first-order valence-corrected chi connectivity index (χ1v) is 2.05. The normalized spacial score (nSPS) is 13.0. The number of hydrogen-bond donors (Lipinski definition) is 0. The summed E-state index contributed by atoms with van der Waals surface area (Å²) in [7, 11) is 0. The van der Waals surface area contributed by atoms with Crippen LogP contribution in [-0.2, 0) is 25.8 Å². The smallest absolute Gasteiger partial charge is 0 e. The molecule has 0 unspecified atom stereocenters. The Labute approximate surface area is 72.2 Å². The molecule has 48 valence electrons. The van der Waals surface area contributed by atoms with E-state index in [1.54, 1.807) is 0 Å². The molecule has 0 spiro atoms. The van der Waals surface area contributed by atoms with Crippen LogP contribution in [0.3, 0.4) is 0 Å². The minimum Gasteiger partial charge on any atom is -0.501 e. The van der Waals surface area contributed by atoms with Gasteiger partial charge in [-0.2, -0.15) is 6.42 Å². The molecule has 0 nitrogen and oxygen atoms in total. The first kappa shape index (κ1) is 15.8. The topological polar surface area (TPSA) is 0 Å². The molecule has 1 aliphatic rings. The summed E-state index contributed by atoms with van der Waals surface area (Å²) in [6.45, 7) is 0. The average Bonchev–Trinajstić information content (AvgIpc) is 1.76. The molecule has 0 aromatic heterocycles. The second-order valence-electron chi connectivity index (χ2n) is 1.30. The van der Waals surface area contributed by atoms with E-state index in [-0.39, 0.29) is 40.7 Å². The molecule has 0 N–H and O–H groups in total. The summed E-state index contributed by atoms with van der Waals surface area (Å²) >= 11 is 0. The zero-order chi connectivity index (χ0) is 3.54. The van der Waals surface area contributed by atoms with Crippen molar-refractivity contribution in [3.63, 3.8) is 0 Å². The largest absolute Gasteiger partial charge is 0.501 e. The van der Waals surface area contributed by atoms with Crippen LogP contribution < -0.4 is 0 Å². The molecule has 0 fully saturated rings. The quantitative estimate of drug-likeness (QED) is 0.470. The van der Waals surface area contributed by atoms with Gasteiger partial charge in [0.05, 0.1) is 0 Å². The van der Waals surface area contributed by atoms with E-state index in [9.17, 15) is 0 Å². The minimum atomic E-state index is 0. The Balaban J connectivity index is -0.0000000833. The van der Waals surface area contributed by atoms with Gasteiger partial charge in [-0.3, -0.25) is 6.08 Å². The fraction of sp³-hybridized carbons (Fsp3) is 0.429. The van der Waals surface area contributed by atoms with Gasteiger partial charge in [-0.25, -0.2) is 0 Å². The molecular formula is C7H13Hf-3. The molecule has 0 radical (unpaired) electrons. The molecular weight excluding hydrogens is 263 g/mol. The molecule has 0 heterocycles. The van der Waals surface area contributed by atoms with Crippen LogP contribution in [0.1, 0.15) is 19.3 Å². The summed E-state index contributed by atoms with van der Waals surface area (Å²) in [6.07, 6.45) is 9.00. The average molecular weight is 276 g/mol. The van der Waals surface area contributed by atoms with Crippen molar-refractivity contribution in [2.45, 2.75) is 19.3 Å². The zero-order valence-corrected chi connectivity index (χ0v) is 9.29. The van der Waals surface area contributed by atoms with Crippen LogP contribution in [0.5, 0.6) is 0 Å². The minimum absolute atomic E-state index is 0. The summed E-state index contributed by atoms with van der Waals surface area (Å²) in [4.78, 5) is 0. The second kappa shape index (κ2) is 10.6. The number of allylic oxidation sites excluding steroid dienone is 2. The van der Waals surface area contributed by atoms with Gasteiger partial charge >= 0.3 is 0 Å². The van der Waals surface area contributed by atoms with Crippen molar-refractivity contribution in [2.24, 2.45) is 0 Å². The molecule has 0 aliphatic heterocycles. The van der Waals surface area contributed by atoms with E-state index in [1.807, 2.05) is 0 Å². The Morgan fingerprint density at radius 1 is 1.25 bits per heavy atom. The van der Waals surface area contributed by atoms with Crippen molar-refractivity contribution in [3.8, 4) is 0 Å². The molecule has 0 aromatic rings. The maximum atomic E-state index is 3.10. The molecule has 8 heavy (non-hydrogen) atoms. The Morgan fingerprint density at radius 3 is 2.00 bits per heavy atom. The predicted octanol–water partition coefficient (Wildman–Crippen LogP) is 2.43. The van der Waals surface area contributed by atoms with E-state index in [2.05, 4.69) is 12.2 Å². The van der Waals surface area contributed by atoms with E-state index in [0.717, 1.165) is 0 Å². The summed E-state index contributed by atoms with van der Waals surface area (Å²) in [5.74, 6) is 0. The summed E-state index contributed by atoms with van der Waals surface area (Å²) in [5, 5.41) is 0. The monoisotopic (exact) mass is 277 g/mol. The molecule has 1 heteroatoms. The molecule has 1 aliphatic carbocycles. The fourth-order valence-corrected chi connectivity index (χ4v) is 0.510. The molecule has 1 rings (SSSR count). The maximum Gasteiger partial charge on any atom is 0 e. The van der Waals surface area contributed by atoms with Gasteiger partial charge < -0.3 is 20.9 Å². The first-order valence-electron chi connectivity index (χ1n) is 2.05. The molecule has 0 saturated heterocycles.